The second kappa shape index (κ2) is 4.90. The highest BCUT2D eigenvalue weighted by atomic mass is 16.6. The van der Waals surface area contributed by atoms with E-state index >= 15 is 0 Å². The Labute approximate surface area is 116 Å². The van der Waals surface area contributed by atoms with Crippen molar-refractivity contribution >= 4 is 17.4 Å². The van der Waals surface area contributed by atoms with Crippen LogP contribution in [0.2, 0.25) is 0 Å². The number of Topliss-reactive ketones (excluding diaryl/α,β-unsaturated/α-hetero) is 1. The summed E-state index contributed by atoms with van der Waals surface area (Å²) in [5.41, 5.74) is -0.238. The number of para-hydroxylation sites is 1. The minimum absolute atomic E-state index is 0.124. The van der Waals surface area contributed by atoms with Gasteiger partial charge in [-0.2, -0.15) is 0 Å². The van der Waals surface area contributed by atoms with Crippen LogP contribution in [-0.2, 0) is 9.53 Å². The van der Waals surface area contributed by atoms with Gasteiger partial charge in [0.2, 0.25) is 11.4 Å². The second-order valence-corrected chi connectivity index (χ2v) is 4.63. The molecular formula is C16H13NO3. The molecule has 100 valence electrons. The molecule has 1 N–H and O–H groups in total. The van der Waals surface area contributed by atoms with Crippen LogP contribution < -0.4 is 5.32 Å². The van der Waals surface area contributed by atoms with Gasteiger partial charge in [-0.15, -0.1) is 0 Å². The van der Waals surface area contributed by atoms with Gasteiger partial charge in [-0.05, 0) is 12.1 Å². The maximum atomic E-state index is 12.4. The molecule has 0 aromatic heterocycles. The van der Waals surface area contributed by atoms with Crippen LogP contribution in [0.1, 0.15) is 10.4 Å². The number of ketones is 1. The smallest absolute Gasteiger partial charge is 0.267 e. The average molecular weight is 267 g/mol. The molecule has 4 heteroatoms. The van der Waals surface area contributed by atoms with Gasteiger partial charge >= 0.3 is 0 Å². The number of nitrogens with one attached hydrogen (secondary N) is 1. The van der Waals surface area contributed by atoms with Crippen molar-refractivity contribution in [1.82, 2.24) is 0 Å². The first kappa shape index (κ1) is 12.6. The van der Waals surface area contributed by atoms with Crippen molar-refractivity contribution in [2.45, 2.75) is 5.60 Å². The normalized spacial score (nSPS) is 20.2. The van der Waals surface area contributed by atoms with E-state index in [0.29, 0.717) is 11.3 Å². The number of rotatable bonds is 4. The molecule has 0 radical (unpaired) electrons. The van der Waals surface area contributed by atoms with Crippen molar-refractivity contribution in [1.29, 1.82) is 0 Å². The first-order chi connectivity index (χ1) is 9.72. The van der Waals surface area contributed by atoms with Crippen LogP contribution in [0.5, 0.6) is 0 Å². The van der Waals surface area contributed by atoms with Crippen molar-refractivity contribution in [3.63, 3.8) is 0 Å². The number of carbonyl (C=O) groups excluding carboxylic acids is 2. The Morgan fingerprint density at radius 2 is 1.50 bits per heavy atom. The van der Waals surface area contributed by atoms with Gasteiger partial charge in [0, 0.05) is 11.3 Å². The van der Waals surface area contributed by atoms with E-state index in [0.717, 1.165) is 0 Å². The van der Waals surface area contributed by atoms with Crippen molar-refractivity contribution in [2.75, 3.05) is 11.9 Å². The molecule has 4 nitrogen and oxygen atoms in total. The summed E-state index contributed by atoms with van der Waals surface area (Å²) >= 11 is 0. The third-order valence-electron chi connectivity index (χ3n) is 3.23. The van der Waals surface area contributed by atoms with Crippen molar-refractivity contribution in [3.05, 3.63) is 66.2 Å². The molecule has 2 aromatic rings. The predicted molar refractivity (Wildman–Crippen MR) is 74.5 cm³/mol. The minimum Gasteiger partial charge on any atom is -0.351 e. The molecule has 1 amide bonds. The minimum atomic E-state index is -1.36. The first-order valence-electron chi connectivity index (χ1n) is 6.33. The fourth-order valence-electron chi connectivity index (χ4n) is 2.01. The van der Waals surface area contributed by atoms with Crippen LogP contribution >= 0.6 is 0 Å². The molecule has 1 atom stereocenters. The fourth-order valence-corrected chi connectivity index (χ4v) is 2.01. The number of hydrogen-bond donors (Lipinski definition) is 1. The number of amides is 1. The molecule has 3 rings (SSSR count). The number of anilines is 1. The fraction of sp³-hybridized carbons (Fsp3) is 0.125. The summed E-state index contributed by atoms with van der Waals surface area (Å²) in [6, 6.07) is 17.7. The third-order valence-corrected chi connectivity index (χ3v) is 3.23. The zero-order chi connectivity index (χ0) is 14.0. The summed E-state index contributed by atoms with van der Waals surface area (Å²) in [5, 5.41) is 2.71. The van der Waals surface area contributed by atoms with Crippen molar-refractivity contribution in [2.24, 2.45) is 0 Å². The lowest BCUT2D eigenvalue weighted by molar-refractivity contribution is -0.119. The van der Waals surface area contributed by atoms with E-state index in [1.165, 1.54) is 0 Å². The van der Waals surface area contributed by atoms with Gasteiger partial charge in [0.15, 0.2) is 0 Å². The highest BCUT2D eigenvalue weighted by molar-refractivity contribution is 6.22. The molecule has 0 spiro atoms. The Morgan fingerprint density at radius 3 is 2.05 bits per heavy atom. The van der Waals surface area contributed by atoms with Gasteiger partial charge in [-0.1, -0.05) is 48.5 Å². The SMILES string of the molecule is O=C(Nc1ccccc1)C1(C(=O)c2ccccc2)CO1. The molecule has 0 aliphatic carbocycles. The number of epoxide rings is 1. The highest BCUT2D eigenvalue weighted by Crippen LogP contribution is 2.32. The van der Waals surface area contributed by atoms with Gasteiger partial charge in [0.05, 0.1) is 6.61 Å². The molecule has 1 heterocycles. The Bertz CT molecular complexity index is 633. The van der Waals surface area contributed by atoms with Crippen molar-refractivity contribution < 1.29 is 14.3 Å². The Balaban J connectivity index is 1.79. The van der Waals surface area contributed by atoms with E-state index in [2.05, 4.69) is 5.32 Å². The summed E-state index contributed by atoms with van der Waals surface area (Å²) in [6.07, 6.45) is 0. The zero-order valence-corrected chi connectivity index (χ0v) is 10.7. The Morgan fingerprint density at radius 1 is 0.950 bits per heavy atom. The van der Waals surface area contributed by atoms with Crippen LogP contribution in [-0.4, -0.2) is 23.9 Å². The maximum Gasteiger partial charge on any atom is 0.267 e. The summed E-state index contributed by atoms with van der Waals surface area (Å²) in [5.74, 6) is -0.718. The molecule has 0 saturated carbocycles. The molecular weight excluding hydrogens is 254 g/mol. The number of hydrogen-bond acceptors (Lipinski definition) is 3. The van der Waals surface area contributed by atoms with E-state index in [1.54, 1.807) is 36.4 Å². The summed E-state index contributed by atoms with van der Waals surface area (Å²) in [6.45, 7) is 0.124. The van der Waals surface area contributed by atoms with E-state index in [4.69, 9.17) is 4.74 Å². The topological polar surface area (TPSA) is 58.7 Å². The molecule has 20 heavy (non-hydrogen) atoms. The average Bonchev–Trinajstić information content (AvgIpc) is 3.30. The van der Waals surface area contributed by atoms with E-state index in [1.807, 2.05) is 24.3 Å². The zero-order valence-electron chi connectivity index (χ0n) is 10.7. The predicted octanol–water partition coefficient (Wildman–Crippen LogP) is 2.28. The molecule has 1 aliphatic heterocycles. The van der Waals surface area contributed by atoms with Gasteiger partial charge < -0.3 is 10.1 Å². The quantitative estimate of drug-likeness (QED) is 0.525. The van der Waals surface area contributed by atoms with Gasteiger partial charge in [0.25, 0.3) is 5.91 Å². The van der Waals surface area contributed by atoms with Crippen LogP contribution in [0, 0.1) is 0 Å². The number of ether oxygens (including phenoxy) is 1. The summed E-state index contributed by atoms with van der Waals surface area (Å²) < 4.78 is 5.18. The van der Waals surface area contributed by atoms with Crippen LogP contribution in [0.4, 0.5) is 5.69 Å². The lowest BCUT2D eigenvalue weighted by Crippen LogP contribution is -2.39. The lowest BCUT2D eigenvalue weighted by atomic mass is 9.97. The molecule has 1 fully saturated rings. The van der Waals surface area contributed by atoms with Crippen LogP contribution in [0.15, 0.2) is 60.7 Å². The number of benzene rings is 2. The Kier molecular flexibility index (Phi) is 3.08. The lowest BCUT2D eigenvalue weighted by Gasteiger charge is -2.11. The van der Waals surface area contributed by atoms with Gasteiger partial charge in [0.1, 0.15) is 0 Å². The molecule has 1 unspecified atom stereocenters. The maximum absolute atomic E-state index is 12.4. The Hall–Kier alpha value is -2.46. The third kappa shape index (κ3) is 2.21. The van der Waals surface area contributed by atoms with Crippen LogP contribution in [0.25, 0.3) is 0 Å². The summed E-state index contributed by atoms with van der Waals surface area (Å²) in [4.78, 5) is 24.6. The van der Waals surface area contributed by atoms with Crippen LogP contribution in [0.3, 0.4) is 0 Å². The molecule has 1 aliphatic rings. The van der Waals surface area contributed by atoms with Crippen molar-refractivity contribution in [3.8, 4) is 0 Å². The highest BCUT2D eigenvalue weighted by Gasteiger charge is 2.59. The number of carbonyl (C=O) groups is 2. The molecule has 0 bridgehead atoms. The van der Waals surface area contributed by atoms with E-state index in [-0.39, 0.29) is 12.4 Å². The molecule has 1 saturated heterocycles. The standard InChI is InChI=1S/C16H13NO3/c18-14(12-7-3-1-4-8-12)16(11-20-16)15(19)17-13-9-5-2-6-10-13/h1-10H,11H2,(H,17,19). The molecule has 2 aromatic carbocycles. The van der Waals surface area contributed by atoms with E-state index < -0.39 is 11.5 Å². The van der Waals surface area contributed by atoms with Gasteiger partial charge in [-0.25, -0.2) is 0 Å². The summed E-state index contributed by atoms with van der Waals surface area (Å²) in [7, 11) is 0. The first-order valence-corrected chi connectivity index (χ1v) is 6.33. The largest absolute Gasteiger partial charge is 0.351 e. The van der Waals surface area contributed by atoms with E-state index in [9.17, 15) is 9.59 Å². The monoisotopic (exact) mass is 267 g/mol. The van der Waals surface area contributed by atoms with Gasteiger partial charge in [-0.3, -0.25) is 9.59 Å². The second-order valence-electron chi connectivity index (χ2n) is 4.63.